The summed E-state index contributed by atoms with van der Waals surface area (Å²) < 4.78 is 0. The van der Waals surface area contributed by atoms with Crippen LogP contribution in [0.5, 0.6) is 0 Å². The average Bonchev–Trinajstić information content (AvgIpc) is 2.69. The first-order chi connectivity index (χ1) is 8.54. The molecule has 3 unspecified atom stereocenters. The van der Waals surface area contributed by atoms with Gasteiger partial charge in [-0.3, -0.25) is 4.79 Å². The van der Waals surface area contributed by atoms with Crippen molar-refractivity contribution in [2.45, 2.75) is 45.6 Å². The van der Waals surface area contributed by atoms with Gasteiger partial charge < -0.3 is 10.4 Å². The quantitative estimate of drug-likeness (QED) is 0.881. The summed E-state index contributed by atoms with van der Waals surface area (Å²) in [5.74, 6) is 0.643. The zero-order valence-electron chi connectivity index (χ0n) is 10.8. The van der Waals surface area contributed by atoms with Crippen molar-refractivity contribution in [3.63, 3.8) is 0 Å². The lowest BCUT2D eigenvalue weighted by Crippen LogP contribution is -2.32. The first-order valence-corrected chi connectivity index (χ1v) is 7.35. The lowest BCUT2D eigenvalue weighted by molar-refractivity contribution is -0.136. The zero-order valence-corrected chi connectivity index (χ0v) is 11.7. The standard InChI is InChI=1S/C13H20N2O2S/c1-8-3-4-11(9(2)5-8)15-13-14-10(7-18-13)6-12(16)17/h7-9,11H,3-6H2,1-2H3,(H,14,15)(H,16,17). The van der Waals surface area contributed by atoms with E-state index < -0.39 is 5.97 Å². The van der Waals surface area contributed by atoms with E-state index in [0.29, 0.717) is 17.7 Å². The fourth-order valence-electron chi connectivity index (χ4n) is 2.65. The number of hydrogen-bond donors (Lipinski definition) is 2. The highest BCUT2D eigenvalue weighted by Gasteiger charge is 2.25. The Hall–Kier alpha value is -1.10. The number of anilines is 1. The van der Waals surface area contributed by atoms with Crippen LogP contribution < -0.4 is 5.32 Å². The van der Waals surface area contributed by atoms with Gasteiger partial charge in [0.05, 0.1) is 12.1 Å². The lowest BCUT2D eigenvalue weighted by Gasteiger charge is -2.33. The second-order valence-electron chi connectivity index (χ2n) is 5.36. The second kappa shape index (κ2) is 5.69. The number of hydrogen-bond acceptors (Lipinski definition) is 4. The van der Waals surface area contributed by atoms with E-state index in [1.54, 1.807) is 0 Å². The summed E-state index contributed by atoms with van der Waals surface area (Å²) in [6.07, 6.45) is 3.70. The predicted octanol–water partition coefficient (Wildman–Crippen LogP) is 3.01. The number of nitrogens with zero attached hydrogens (tertiary/aromatic N) is 1. The van der Waals surface area contributed by atoms with Crippen LogP contribution in [-0.2, 0) is 11.2 Å². The molecule has 4 nitrogen and oxygen atoms in total. The Kier molecular flexibility index (Phi) is 4.22. The number of aliphatic carboxylic acids is 1. The van der Waals surface area contributed by atoms with Gasteiger partial charge in [-0.2, -0.15) is 0 Å². The fraction of sp³-hybridized carbons (Fsp3) is 0.692. The molecule has 1 aromatic heterocycles. The van der Waals surface area contributed by atoms with E-state index in [4.69, 9.17) is 5.11 Å². The van der Waals surface area contributed by atoms with Gasteiger partial charge in [0.15, 0.2) is 5.13 Å². The van der Waals surface area contributed by atoms with E-state index in [2.05, 4.69) is 24.1 Å². The Labute approximate surface area is 111 Å². The molecule has 0 saturated heterocycles. The van der Waals surface area contributed by atoms with Crippen LogP contribution in [0.1, 0.15) is 38.8 Å². The Bertz CT molecular complexity index is 419. The third-order valence-electron chi connectivity index (χ3n) is 3.62. The van der Waals surface area contributed by atoms with Crippen molar-refractivity contribution in [2.75, 3.05) is 5.32 Å². The van der Waals surface area contributed by atoms with Crippen LogP contribution in [0.4, 0.5) is 5.13 Å². The molecule has 1 saturated carbocycles. The molecule has 0 spiro atoms. The maximum atomic E-state index is 10.6. The number of thiazole rings is 1. The molecule has 18 heavy (non-hydrogen) atoms. The van der Waals surface area contributed by atoms with Crippen molar-refractivity contribution in [3.05, 3.63) is 11.1 Å². The summed E-state index contributed by atoms with van der Waals surface area (Å²) in [7, 11) is 0. The van der Waals surface area contributed by atoms with Gasteiger partial charge in [0.25, 0.3) is 0 Å². The third-order valence-corrected chi connectivity index (χ3v) is 4.45. The summed E-state index contributed by atoms with van der Waals surface area (Å²) in [5.41, 5.74) is 0.645. The molecule has 0 aliphatic heterocycles. The summed E-state index contributed by atoms with van der Waals surface area (Å²) >= 11 is 1.50. The highest BCUT2D eigenvalue weighted by atomic mass is 32.1. The van der Waals surface area contributed by atoms with E-state index in [9.17, 15) is 4.79 Å². The second-order valence-corrected chi connectivity index (χ2v) is 6.22. The number of carbonyl (C=O) groups is 1. The number of rotatable bonds is 4. The van der Waals surface area contributed by atoms with Crippen LogP contribution in [0.2, 0.25) is 0 Å². The van der Waals surface area contributed by atoms with Gasteiger partial charge in [-0.05, 0) is 31.1 Å². The summed E-state index contributed by atoms with van der Waals surface area (Å²) in [6, 6.07) is 0.477. The number of carboxylic acids is 1. The van der Waals surface area contributed by atoms with Crippen molar-refractivity contribution in [1.82, 2.24) is 4.98 Å². The molecule has 0 bridgehead atoms. The molecule has 100 valence electrons. The molecule has 0 aromatic carbocycles. The summed E-state index contributed by atoms with van der Waals surface area (Å²) in [5, 5.41) is 14.9. The van der Waals surface area contributed by atoms with Crippen LogP contribution in [0.3, 0.4) is 0 Å². The molecule has 1 fully saturated rings. The Morgan fingerprint density at radius 2 is 2.33 bits per heavy atom. The smallest absolute Gasteiger partial charge is 0.309 e. The van der Waals surface area contributed by atoms with E-state index in [1.165, 1.54) is 30.6 Å². The average molecular weight is 268 g/mol. The molecule has 1 aliphatic carbocycles. The minimum absolute atomic E-state index is 0.00936. The molecule has 0 amide bonds. The van der Waals surface area contributed by atoms with E-state index in [0.717, 1.165) is 11.0 Å². The molecule has 1 aliphatic rings. The van der Waals surface area contributed by atoms with Crippen molar-refractivity contribution in [2.24, 2.45) is 11.8 Å². The van der Waals surface area contributed by atoms with Crippen molar-refractivity contribution in [3.8, 4) is 0 Å². The van der Waals surface area contributed by atoms with Crippen molar-refractivity contribution >= 4 is 22.4 Å². The van der Waals surface area contributed by atoms with Gasteiger partial charge >= 0.3 is 5.97 Å². The lowest BCUT2D eigenvalue weighted by atomic mass is 9.80. The van der Waals surface area contributed by atoms with Crippen molar-refractivity contribution in [1.29, 1.82) is 0 Å². The molecule has 1 aromatic rings. The molecule has 1 heterocycles. The van der Waals surface area contributed by atoms with Crippen LogP contribution in [0.15, 0.2) is 5.38 Å². The highest BCUT2D eigenvalue weighted by molar-refractivity contribution is 7.13. The topological polar surface area (TPSA) is 62.2 Å². The van der Waals surface area contributed by atoms with Gasteiger partial charge in [-0.25, -0.2) is 4.98 Å². The first-order valence-electron chi connectivity index (χ1n) is 6.47. The van der Waals surface area contributed by atoms with Crippen LogP contribution in [0.25, 0.3) is 0 Å². The normalized spacial score (nSPS) is 28.0. The maximum Gasteiger partial charge on any atom is 0.309 e. The Morgan fingerprint density at radius 3 is 3.00 bits per heavy atom. The van der Waals surface area contributed by atoms with Crippen LogP contribution in [0, 0.1) is 11.8 Å². The minimum atomic E-state index is -0.827. The summed E-state index contributed by atoms with van der Waals surface area (Å²) in [4.78, 5) is 14.9. The predicted molar refractivity (Wildman–Crippen MR) is 73.0 cm³/mol. The fourth-order valence-corrected chi connectivity index (χ4v) is 3.42. The van der Waals surface area contributed by atoms with E-state index in [-0.39, 0.29) is 6.42 Å². The van der Waals surface area contributed by atoms with E-state index >= 15 is 0 Å². The third kappa shape index (κ3) is 3.45. The van der Waals surface area contributed by atoms with Gasteiger partial charge in [-0.15, -0.1) is 11.3 Å². The molecule has 0 radical (unpaired) electrons. The Balaban J connectivity index is 1.92. The van der Waals surface area contributed by atoms with Crippen LogP contribution >= 0.6 is 11.3 Å². The van der Waals surface area contributed by atoms with Crippen molar-refractivity contribution < 1.29 is 9.90 Å². The van der Waals surface area contributed by atoms with Crippen LogP contribution in [-0.4, -0.2) is 22.1 Å². The summed E-state index contributed by atoms with van der Waals surface area (Å²) in [6.45, 7) is 4.58. The van der Waals surface area contributed by atoms with Gasteiger partial charge in [0, 0.05) is 11.4 Å². The van der Waals surface area contributed by atoms with Gasteiger partial charge in [-0.1, -0.05) is 13.8 Å². The Morgan fingerprint density at radius 1 is 1.56 bits per heavy atom. The SMILES string of the molecule is CC1CCC(Nc2nc(CC(=O)O)cs2)C(C)C1. The minimum Gasteiger partial charge on any atom is -0.481 e. The number of aromatic nitrogens is 1. The zero-order chi connectivity index (χ0) is 13.1. The van der Waals surface area contributed by atoms with Gasteiger partial charge in [0.1, 0.15) is 0 Å². The highest BCUT2D eigenvalue weighted by Crippen LogP contribution is 2.31. The number of carboxylic acid groups (broad SMARTS) is 1. The maximum absolute atomic E-state index is 10.6. The number of nitrogens with one attached hydrogen (secondary N) is 1. The van der Waals surface area contributed by atoms with Gasteiger partial charge in [0.2, 0.25) is 0 Å². The largest absolute Gasteiger partial charge is 0.481 e. The monoisotopic (exact) mass is 268 g/mol. The molecular formula is C13H20N2O2S. The molecular weight excluding hydrogens is 248 g/mol. The molecule has 2 rings (SSSR count). The van der Waals surface area contributed by atoms with E-state index in [1.807, 2.05) is 5.38 Å². The molecule has 2 N–H and O–H groups in total. The molecule has 3 atom stereocenters. The molecule has 5 heteroatoms. The first kappa shape index (κ1) is 13.3.